The van der Waals surface area contributed by atoms with E-state index in [0.29, 0.717) is 5.56 Å². The summed E-state index contributed by atoms with van der Waals surface area (Å²) >= 11 is 0. The highest BCUT2D eigenvalue weighted by molar-refractivity contribution is 7.95. The second-order valence-electron chi connectivity index (χ2n) is 5.14. The summed E-state index contributed by atoms with van der Waals surface area (Å²) in [6, 6.07) is 12.7. The van der Waals surface area contributed by atoms with E-state index in [2.05, 4.69) is 14.2 Å². The molecule has 0 radical (unpaired) electrons. The number of ether oxygens (including phenoxy) is 2. The van der Waals surface area contributed by atoms with E-state index in [1.54, 1.807) is 24.3 Å². The van der Waals surface area contributed by atoms with Gasteiger partial charge in [-0.1, -0.05) is 30.3 Å². The Kier molecular flexibility index (Phi) is 6.13. The van der Waals surface area contributed by atoms with Gasteiger partial charge in [-0.2, -0.15) is 0 Å². The minimum Gasteiger partial charge on any atom is -0.465 e. The Morgan fingerprint density at radius 2 is 1.46 bits per heavy atom. The SMILES string of the molecule is COC(=O)c1cc(NS(=O)(=O)C=Cc2ccccc2)cc(C(=O)OC)c1. The van der Waals surface area contributed by atoms with Crippen molar-refractivity contribution in [1.82, 2.24) is 0 Å². The lowest BCUT2D eigenvalue weighted by Gasteiger charge is -2.09. The van der Waals surface area contributed by atoms with Crippen LogP contribution in [-0.4, -0.2) is 34.6 Å². The van der Waals surface area contributed by atoms with Crippen molar-refractivity contribution in [1.29, 1.82) is 0 Å². The predicted molar refractivity (Wildman–Crippen MR) is 97.1 cm³/mol. The first-order chi connectivity index (χ1) is 12.3. The minimum atomic E-state index is -3.87. The molecule has 2 aromatic rings. The molecule has 0 unspecified atom stereocenters. The molecule has 0 spiro atoms. The highest BCUT2D eigenvalue weighted by atomic mass is 32.2. The van der Waals surface area contributed by atoms with Crippen LogP contribution in [0, 0.1) is 0 Å². The number of nitrogens with one attached hydrogen (secondary N) is 1. The summed E-state index contributed by atoms with van der Waals surface area (Å²) in [6.07, 6.45) is 1.42. The van der Waals surface area contributed by atoms with Crippen LogP contribution in [0.25, 0.3) is 6.08 Å². The van der Waals surface area contributed by atoms with E-state index < -0.39 is 22.0 Å². The molecule has 0 saturated carbocycles. The molecule has 0 amide bonds. The number of carbonyl (C=O) groups is 2. The van der Waals surface area contributed by atoms with Gasteiger partial charge in [0.2, 0.25) is 0 Å². The van der Waals surface area contributed by atoms with Crippen LogP contribution < -0.4 is 4.72 Å². The number of hydrogen-bond donors (Lipinski definition) is 1. The molecular formula is C18H17NO6S. The molecule has 136 valence electrons. The molecule has 0 atom stereocenters. The third kappa shape index (κ3) is 5.18. The highest BCUT2D eigenvalue weighted by Crippen LogP contribution is 2.19. The van der Waals surface area contributed by atoms with Gasteiger partial charge in [0.05, 0.1) is 36.4 Å². The Morgan fingerprint density at radius 3 is 1.96 bits per heavy atom. The summed E-state index contributed by atoms with van der Waals surface area (Å²) in [5, 5.41) is 0.991. The molecule has 0 heterocycles. The first-order valence-electron chi connectivity index (χ1n) is 7.42. The molecule has 2 aromatic carbocycles. The van der Waals surface area contributed by atoms with Crippen molar-refractivity contribution >= 4 is 33.7 Å². The average Bonchev–Trinajstić information content (AvgIpc) is 2.65. The largest absolute Gasteiger partial charge is 0.465 e. The van der Waals surface area contributed by atoms with Crippen LogP contribution in [0.5, 0.6) is 0 Å². The van der Waals surface area contributed by atoms with Gasteiger partial charge in [0.1, 0.15) is 0 Å². The molecule has 2 rings (SSSR count). The van der Waals surface area contributed by atoms with E-state index in [9.17, 15) is 18.0 Å². The second kappa shape index (κ2) is 8.30. The third-order valence-electron chi connectivity index (χ3n) is 3.27. The molecule has 0 bridgehead atoms. The number of esters is 2. The highest BCUT2D eigenvalue weighted by Gasteiger charge is 2.16. The maximum absolute atomic E-state index is 12.2. The van der Waals surface area contributed by atoms with Gasteiger partial charge in [0.15, 0.2) is 0 Å². The summed E-state index contributed by atoms with van der Waals surface area (Å²) in [7, 11) is -1.51. The van der Waals surface area contributed by atoms with Crippen molar-refractivity contribution in [3.05, 3.63) is 70.6 Å². The van der Waals surface area contributed by atoms with E-state index in [0.717, 1.165) is 5.41 Å². The van der Waals surface area contributed by atoms with E-state index in [1.165, 1.54) is 38.5 Å². The fourth-order valence-corrected chi connectivity index (χ4v) is 2.94. The zero-order valence-corrected chi connectivity index (χ0v) is 14.9. The molecule has 8 heteroatoms. The standard InChI is InChI=1S/C18H17NO6S/c1-24-17(20)14-10-15(18(21)25-2)12-16(11-14)19-26(22,23)9-8-13-6-4-3-5-7-13/h3-12,19H,1-2H3. The van der Waals surface area contributed by atoms with Crippen molar-refractivity contribution in [2.45, 2.75) is 0 Å². The molecule has 1 N–H and O–H groups in total. The summed E-state index contributed by atoms with van der Waals surface area (Å²) in [5.41, 5.74) is 0.766. The van der Waals surface area contributed by atoms with Gasteiger partial charge in [-0.3, -0.25) is 4.72 Å². The van der Waals surface area contributed by atoms with Crippen LogP contribution in [0.3, 0.4) is 0 Å². The van der Waals surface area contributed by atoms with Crippen LogP contribution in [0.1, 0.15) is 26.3 Å². The van der Waals surface area contributed by atoms with Crippen molar-refractivity contribution in [3.63, 3.8) is 0 Å². The van der Waals surface area contributed by atoms with Crippen LogP contribution in [0.15, 0.2) is 53.9 Å². The lowest BCUT2D eigenvalue weighted by molar-refractivity contribution is 0.0599. The van der Waals surface area contributed by atoms with Gasteiger partial charge in [-0.15, -0.1) is 0 Å². The Morgan fingerprint density at radius 1 is 0.923 bits per heavy atom. The zero-order chi connectivity index (χ0) is 19.2. The Hall–Kier alpha value is -3.13. The summed E-state index contributed by atoms with van der Waals surface area (Å²) < 4.78 is 36.0. The molecule has 0 aliphatic heterocycles. The van der Waals surface area contributed by atoms with Gasteiger partial charge in [0, 0.05) is 0 Å². The van der Waals surface area contributed by atoms with Gasteiger partial charge >= 0.3 is 11.9 Å². The maximum Gasteiger partial charge on any atom is 0.337 e. The molecule has 0 saturated heterocycles. The molecule has 26 heavy (non-hydrogen) atoms. The van der Waals surface area contributed by atoms with Crippen molar-refractivity contribution in [3.8, 4) is 0 Å². The van der Waals surface area contributed by atoms with Crippen LogP contribution in [-0.2, 0) is 19.5 Å². The lowest BCUT2D eigenvalue weighted by atomic mass is 10.1. The van der Waals surface area contributed by atoms with Gasteiger partial charge in [-0.05, 0) is 29.8 Å². The average molecular weight is 375 g/mol. The zero-order valence-electron chi connectivity index (χ0n) is 14.1. The summed E-state index contributed by atoms with van der Waals surface area (Å²) in [5.74, 6) is -1.42. The monoisotopic (exact) mass is 375 g/mol. The predicted octanol–water partition coefficient (Wildman–Crippen LogP) is 2.67. The van der Waals surface area contributed by atoms with Crippen molar-refractivity contribution < 1.29 is 27.5 Å². The number of rotatable bonds is 6. The van der Waals surface area contributed by atoms with Crippen LogP contribution in [0.2, 0.25) is 0 Å². The number of hydrogen-bond acceptors (Lipinski definition) is 6. The first-order valence-corrected chi connectivity index (χ1v) is 8.97. The number of anilines is 1. The Labute approximate surface area is 151 Å². The van der Waals surface area contributed by atoms with Gasteiger partial charge in [0.25, 0.3) is 10.0 Å². The summed E-state index contributed by atoms with van der Waals surface area (Å²) in [4.78, 5) is 23.5. The molecular weight excluding hydrogens is 358 g/mol. The molecule has 0 aliphatic carbocycles. The lowest BCUT2D eigenvalue weighted by Crippen LogP contribution is -2.12. The van der Waals surface area contributed by atoms with E-state index in [-0.39, 0.29) is 16.8 Å². The van der Waals surface area contributed by atoms with Crippen molar-refractivity contribution in [2.75, 3.05) is 18.9 Å². The fraction of sp³-hybridized carbons (Fsp3) is 0.111. The van der Waals surface area contributed by atoms with Crippen LogP contribution >= 0.6 is 0 Å². The minimum absolute atomic E-state index is 0.0140. The third-order valence-corrected chi connectivity index (χ3v) is 4.29. The Bertz CT molecular complexity index is 901. The first kappa shape index (κ1) is 19.2. The Balaban J connectivity index is 2.33. The maximum atomic E-state index is 12.2. The number of benzene rings is 2. The fourth-order valence-electron chi connectivity index (χ4n) is 2.09. The molecule has 0 aliphatic rings. The van der Waals surface area contributed by atoms with E-state index in [1.807, 2.05) is 6.07 Å². The van der Waals surface area contributed by atoms with E-state index >= 15 is 0 Å². The van der Waals surface area contributed by atoms with Gasteiger partial charge < -0.3 is 9.47 Å². The normalized spacial score (nSPS) is 11.2. The second-order valence-corrected chi connectivity index (χ2v) is 6.71. The molecule has 0 fully saturated rings. The number of carbonyl (C=O) groups excluding carboxylic acids is 2. The quantitative estimate of drug-likeness (QED) is 0.780. The molecule has 7 nitrogen and oxygen atoms in total. The number of methoxy groups -OCH3 is 2. The van der Waals surface area contributed by atoms with E-state index in [4.69, 9.17) is 0 Å². The molecule has 0 aromatic heterocycles. The number of sulfonamides is 1. The van der Waals surface area contributed by atoms with Crippen molar-refractivity contribution in [2.24, 2.45) is 0 Å². The topological polar surface area (TPSA) is 98.8 Å². The summed E-state index contributed by atoms with van der Waals surface area (Å²) in [6.45, 7) is 0. The van der Waals surface area contributed by atoms with Gasteiger partial charge in [-0.25, -0.2) is 18.0 Å². The van der Waals surface area contributed by atoms with Crippen LogP contribution in [0.4, 0.5) is 5.69 Å². The smallest absolute Gasteiger partial charge is 0.337 e.